The number of aromatic amines is 1. The van der Waals surface area contributed by atoms with Crippen LogP contribution in [0.3, 0.4) is 0 Å². The van der Waals surface area contributed by atoms with Crippen LogP contribution in [-0.2, 0) is 0 Å². The minimum atomic E-state index is -0.622. The number of nitrogens with zero attached hydrogens (tertiary/aromatic N) is 6. The Morgan fingerprint density at radius 3 is 2.69 bits per heavy atom. The van der Waals surface area contributed by atoms with Crippen molar-refractivity contribution in [2.45, 2.75) is 0 Å². The van der Waals surface area contributed by atoms with E-state index >= 15 is 0 Å². The molecule has 0 radical (unpaired) electrons. The molecule has 29 heavy (non-hydrogen) atoms. The second-order valence-corrected chi connectivity index (χ2v) is 6.92. The maximum atomic E-state index is 11.3. The number of aromatic nitrogens is 5. The van der Waals surface area contributed by atoms with Gasteiger partial charge in [-0.2, -0.15) is 0 Å². The third kappa shape index (κ3) is 3.10. The van der Waals surface area contributed by atoms with Crippen molar-refractivity contribution >= 4 is 22.6 Å². The number of likely N-dealkylation sites (N-methyl/N-ethyl adjacent to an activating group) is 1. The van der Waals surface area contributed by atoms with Gasteiger partial charge in [0, 0.05) is 48.7 Å². The highest BCUT2D eigenvalue weighted by Gasteiger charge is 2.22. The standard InChI is InChI=1S/C18H18N8O3/c1-25-4-6-26(7-5-25)17-23-22-16(28-17)13-12-8-10(15-21-24-18(27)29-15)2-3-11(12)9-20-14(13)19/h2-3,8-9H,4-7H2,1H3,(H2,19,20)(H,24,27). The van der Waals surface area contributed by atoms with Crippen LogP contribution in [-0.4, -0.2) is 63.5 Å². The van der Waals surface area contributed by atoms with Gasteiger partial charge in [0.1, 0.15) is 5.82 Å². The summed E-state index contributed by atoms with van der Waals surface area (Å²) < 4.78 is 11.0. The summed E-state index contributed by atoms with van der Waals surface area (Å²) in [6, 6.07) is 5.89. The number of hydrogen-bond donors (Lipinski definition) is 2. The fraction of sp³-hybridized carbons (Fsp3) is 0.278. The summed E-state index contributed by atoms with van der Waals surface area (Å²) in [4.78, 5) is 19.8. The minimum absolute atomic E-state index is 0.182. The zero-order valence-electron chi connectivity index (χ0n) is 15.6. The molecule has 0 bridgehead atoms. The van der Waals surface area contributed by atoms with Gasteiger partial charge in [-0.25, -0.2) is 14.9 Å². The Morgan fingerprint density at radius 1 is 1.10 bits per heavy atom. The van der Waals surface area contributed by atoms with E-state index in [2.05, 4.69) is 42.2 Å². The highest BCUT2D eigenvalue weighted by molar-refractivity contribution is 6.00. The molecule has 0 amide bonds. The second-order valence-electron chi connectivity index (χ2n) is 6.92. The summed E-state index contributed by atoms with van der Waals surface area (Å²) in [5.41, 5.74) is 7.31. The SMILES string of the molecule is CN1CCN(c2nnc(-c3c(N)ncc4ccc(-c5n[nH]c(=O)o5)cc34)o2)CC1. The Balaban J connectivity index is 1.59. The molecule has 1 aliphatic rings. The molecule has 0 unspecified atom stereocenters. The maximum absolute atomic E-state index is 11.3. The van der Waals surface area contributed by atoms with Gasteiger partial charge in [-0.05, 0) is 19.2 Å². The number of H-pyrrole nitrogens is 1. The Morgan fingerprint density at radius 2 is 1.93 bits per heavy atom. The first-order valence-corrected chi connectivity index (χ1v) is 9.10. The highest BCUT2D eigenvalue weighted by atomic mass is 16.4. The number of rotatable bonds is 3. The van der Waals surface area contributed by atoms with Crippen LogP contribution in [0.1, 0.15) is 0 Å². The van der Waals surface area contributed by atoms with Crippen LogP contribution in [0.5, 0.6) is 0 Å². The Hall–Kier alpha value is -3.73. The van der Waals surface area contributed by atoms with Crippen molar-refractivity contribution in [3.63, 3.8) is 0 Å². The number of nitrogens with two attached hydrogens (primary N) is 1. The van der Waals surface area contributed by atoms with Crippen molar-refractivity contribution in [3.05, 3.63) is 34.9 Å². The van der Waals surface area contributed by atoms with E-state index in [9.17, 15) is 4.79 Å². The summed E-state index contributed by atoms with van der Waals surface area (Å²) in [6.07, 6.45) is 1.66. The molecule has 4 heterocycles. The summed E-state index contributed by atoms with van der Waals surface area (Å²) in [5.74, 6) is 0.118. The van der Waals surface area contributed by atoms with Gasteiger partial charge in [0.2, 0.25) is 5.89 Å². The van der Waals surface area contributed by atoms with Crippen LogP contribution in [0.2, 0.25) is 0 Å². The van der Waals surface area contributed by atoms with E-state index in [1.165, 1.54) is 0 Å². The van der Waals surface area contributed by atoms with E-state index in [0.717, 1.165) is 37.0 Å². The monoisotopic (exact) mass is 394 g/mol. The molecular weight excluding hydrogens is 376 g/mol. The smallest absolute Gasteiger partial charge is 0.403 e. The largest absolute Gasteiger partial charge is 0.434 e. The van der Waals surface area contributed by atoms with Crippen LogP contribution in [0.25, 0.3) is 33.7 Å². The fourth-order valence-electron chi connectivity index (χ4n) is 3.38. The number of benzene rings is 1. The quantitative estimate of drug-likeness (QED) is 0.515. The maximum Gasteiger partial charge on any atom is 0.434 e. The molecule has 1 aliphatic heterocycles. The summed E-state index contributed by atoms with van der Waals surface area (Å²) in [5, 5.41) is 16.1. The molecule has 1 fully saturated rings. The van der Waals surface area contributed by atoms with Gasteiger partial charge >= 0.3 is 11.8 Å². The number of pyridine rings is 1. The third-order valence-corrected chi connectivity index (χ3v) is 5.01. The molecule has 1 aromatic carbocycles. The van der Waals surface area contributed by atoms with Gasteiger partial charge in [-0.15, -0.1) is 10.2 Å². The van der Waals surface area contributed by atoms with Gasteiger partial charge < -0.3 is 24.4 Å². The molecule has 3 aromatic heterocycles. The van der Waals surface area contributed by atoms with Gasteiger partial charge in [-0.1, -0.05) is 11.2 Å². The average Bonchev–Trinajstić information content (AvgIpc) is 3.37. The molecule has 3 N–H and O–H groups in total. The molecule has 4 aromatic rings. The van der Waals surface area contributed by atoms with Crippen LogP contribution in [0.15, 0.2) is 38.0 Å². The van der Waals surface area contributed by atoms with Crippen molar-refractivity contribution in [3.8, 4) is 22.9 Å². The van der Waals surface area contributed by atoms with Crippen molar-refractivity contribution in [1.82, 2.24) is 30.3 Å². The molecule has 11 heteroatoms. The number of nitrogens with one attached hydrogen (secondary N) is 1. The summed E-state index contributed by atoms with van der Waals surface area (Å²) in [7, 11) is 2.08. The topological polar surface area (TPSA) is 143 Å². The molecular formula is C18H18N8O3. The van der Waals surface area contributed by atoms with Gasteiger partial charge in [0.05, 0.1) is 5.56 Å². The lowest BCUT2D eigenvalue weighted by molar-refractivity contribution is 0.305. The first kappa shape index (κ1) is 17.4. The molecule has 1 saturated heterocycles. The lowest BCUT2D eigenvalue weighted by atomic mass is 10.0. The molecule has 5 rings (SSSR count). The van der Waals surface area contributed by atoms with Crippen molar-refractivity contribution in [2.24, 2.45) is 0 Å². The molecule has 0 atom stereocenters. The number of anilines is 2. The number of fused-ring (bicyclic) bond motifs is 1. The van der Waals surface area contributed by atoms with E-state index < -0.39 is 5.76 Å². The van der Waals surface area contributed by atoms with Crippen LogP contribution in [0.4, 0.5) is 11.8 Å². The normalized spacial score (nSPS) is 15.3. The predicted octanol–water partition coefficient (Wildman–Crippen LogP) is 0.962. The predicted molar refractivity (Wildman–Crippen MR) is 105 cm³/mol. The third-order valence-electron chi connectivity index (χ3n) is 5.01. The zero-order valence-corrected chi connectivity index (χ0v) is 15.6. The van der Waals surface area contributed by atoms with Crippen LogP contribution >= 0.6 is 0 Å². The highest BCUT2D eigenvalue weighted by Crippen LogP contribution is 2.35. The molecule has 0 aliphatic carbocycles. The average molecular weight is 394 g/mol. The van der Waals surface area contributed by atoms with E-state index in [4.69, 9.17) is 14.6 Å². The fourth-order valence-corrected chi connectivity index (χ4v) is 3.38. The molecule has 11 nitrogen and oxygen atoms in total. The Labute approximate surface area is 164 Å². The Kier molecular flexibility index (Phi) is 4.02. The lowest BCUT2D eigenvalue weighted by Crippen LogP contribution is -2.44. The minimum Gasteiger partial charge on any atom is -0.403 e. The van der Waals surface area contributed by atoms with E-state index in [1.807, 2.05) is 12.1 Å². The zero-order chi connectivity index (χ0) is 20.0. The van der Waals surface area contributed by atoms with Crippen LogP contribution < -0.4 is 16.4 Å². The van der Waals surface area contributed by atoms with Crippen molar-refractivity contribution < 1.29 is 8.83 Å². The summed E-state index contributed by atoms with van der Waals surface area (Å²) in [6.45, 7) is 3.47. The molecule has 0 spiro atoms. The lowest BCUT2D eigenvalue weighted by Gasteiger charge is -2.30. The van der Waals surface area contributed by atoms with Gasteiger partial charge in [0.15, 0.2) is 0 Å². The van der Waals surface area contributed by atoms with Gasteiger partial charge in [-0.3, -0.25) is 0 Å². The van der Waals surface area contributed by atoms with Gasteiger partial charge in [0.25, 0.3) is 5.89 Å². The number of nitrogen functional groups attached to an aromatic ring is 1. The first-order chi connectivity index (χ1) is 14.1. The molecule has 148 valence electrons. The van der Waals surface area contributed by atoms with E-state index in [0.29, 0.717) is 17.1 Å². The van der Waals surface area contributed by atoms with Crippen LogP contribution in [0, 0.1) is 0 Å². The first-order valence-electron chi connectivity index (χ1n) is 9.10. The second kappa shape index (κ2) is 6.71. The Bertz CT molecular complexity index is 1240. The van der Waals surface area contributed by atoms with Crippen molar-refractivity contribution in [2.75, 3.05) is 43.9 Å². The molecule has 0 saturated carbocycles. The number of piperazine rings is 1. The number of hydrogen-bond acceptors (Lipinski definition) is 10. The summed E-state index contributed by atoms with van der Waals surface area (Å²) >= 11 is 0. The van der Waals surface area contributed by atoms with E-state index in [-0.39, 0.29) is 17.6 Å². The van der Waals surface area contributed by atoms with E-state index in [1.54, 1.807) is 12.3 Å². The van der Waals surface area contributed by atoms with Crippen molar-refractivity contribution in [1.29, 1.82) is 0 Å².